The van der Waals surface area contributed by atoms with Crippen LogP contribution < -0.4 is 11.5 Å². The molecule has 0 heterocycles. The van der Waals surface area contributed by atoms with Gasteiger partial charge in [-0.1, -0.05) is 104 Å². The third kappa shape index (κ3) is 4.17. The summed E-state index contributed by atoms with van der Waals surface area (Å²) in [5.74, 6) is 0. The second-order valence-electron chi connectivity index (χ2n) is 7.46. The standard InChI is InChI=1S/C25H30N2S/c1-3-13-23(26)24(2,27)28-25(20-14-7-4-8-15-20,21-16-9-5-10-17-21)22-18-11-6-12-19-22/h4-12,14-19,23H,3,13,26-27H2,1-2H3. The number of nitrogens with two attached hydrogens (primary N) is 2. The normalized spacial score (nSPS) is 15.0. The molecule has 3 heteroatoms. The van der Waals surface area contributed by atoms with Crippen LogP contribution in [0.5, 0.6) is 0 Å². The molecular weight excluding hydrogens is 360 g/mol. The van der Waals surface area contributed by atoms with Crippen molar-refractivity contribution in [3.05, 3.63) is 108 Å². The summed E-state index contributed by atoms with van der Waals surface area (Å²) in [5, 5.41) is 0. The number of benzene rings is 3. The van der Waals surface area contributed by atoms with Crippen molar-refractivity contribution < 1.29 is 0 Å². The minimum Gasteiger partial charge on any atom is -0.325 e. The van der Waals surface area contributed by atoms with Crippen LogP contribution in [-0.4, -0.2) is 10.9 Å². The molecule has 3 aromatic carbocycles. The topological polar surface area (TPSA) is 52.0 Å². The Labute approximate surface area is 173 Å². The fraction of sp³-hybridized carbons (Fsp3) is 0.280. The molecule has 0 aliphatic heterocycles. The van der Waals surface area contributed by atoms with Crippen molar-refractivity contribution in [3.8, 4) is 0 Å². The summed E-state index contributed by atoms with van der Waals surface area (Å²) in [4.78, 5) is -0.600. The SMILES string of the molecule is CCCC(N)C(C)(N)SC(c1ccccc1)(c1ccccc1)c1ccccc1. The fourth-order valence-corrected chi connectivity index (χ4v) is 5.39. The summed E-state index contributed by atoms with van der Waals surface area (Å²) in [6.45, 7) is 4.22. The average molecular weight is 391 g/mol. The lowest BCUT2D eigenvalue weighted by Gasteiger charge is -2.43. The van der Waals surface area contributed by atoms with Crippen LogP contribution in [0.1, 0.15) is 43.4 Å². The molecule has 3 aromatic rings. The van der Waals surface area contributed by atoms with Gasteiger partial charge in [0.15, 0.2) is 0 Å². The average Bonchev–Trinajstić information content (AvgIpc) is 2.74. The molecule has 0 aliphatic carbocycles. The quantitative estimate of drug-likeness (QED) is 0.394. The van der Waals surface area contributed by atoms with E-state index in [4.69, 9.17) is 11.5 Å². The Kier molecular flexibility index (Phi) is 6.61. The summed E-state index contributed by atoms with van der Waals surface area (Å²) >= 11 is 1.75. The lowest BCUT2D eigenvalue weighted by Crippen LogP contribution is -2.53. The molecule has 3 rings (SSSR count). The highest BCUT2D eigenvalue weighted by molar-refractivity contribution is 8.02. The molecule has 2 unspecified atom stereocenters. The van der Waals surface area contributed by atoms with Crippen molar-refractivity contribution >= 4 is 11.8 Å². The van der Waals surface area contributed by atoms with Crippen LogP contribution in [0.25, 0.3) is 0 Å². The zero-order valence-electron chi connectivity index (χ0n) is 16.7. The molecule has 4 N–H and O–H groups in total. The molecule has 2 nitrogen and oxygen atoms in total. The number of rotatable bonds is 8. The Morgan fingerprint density at radius 3 is 1.43 bits per heavy atom. The minimum atomic E-state index is -0.600. The fourth-order valence-electron chi connectivity index (χ4n) is 3.70. The molecule has 2 atom stereocenters. The molecule has 146 valence electrons. The second-order valence-corrected chi connectivity index (χ2v) is 9.16. The highest BCUT2D eigenvalue weighted by Gasteiger charge is 2.44. The van der Waals surface area contributed by atoms with E-state index in [0.717, 1.165) is 12.8 Å². The number of hydrogen-bond acceptors (Lipinski definition) is 3. The van der Waals surface area contributed by atoms with Gasteiger partial charge in [-0.3, -0.25) is 0 Å². The predicted octanol–water partition coefficient (Wildman–Crippen LogP) is 5.51. The monoisotopic (exact) mass is 390 g/mol. The van der Waals surface area contributed by atoms with Crippen molar-refractivity contribution in [2.24, 2.45) is 11.5 Å². The van der Waals surface area contributed by atoms with Gasteiger partial charge in [0, 0.05) is 6.04 Å². The largest absolute Gasteiger partial charge is 0.325 e. The van der Waals surface area contributed by atoms with Crippen LogP contribution in [0.3, 0.4) is 0 Å². The van der Waals surface area contributed by atoms with Crippen molar-refractivity contribution in [3.63, 3.8) is 0 Å². The third-order valence-electron chi connectivity index (χ3n) is 5.25. The molecule has 0 fully saturated rings. The second kappa shape index (κ2) is 8.95. The van der Waals surface area contributed by atoms with Gasteiger partial charge in [-0.15, -0.1) is 11.8 Å². The van der Waals surface area contributed by atoms with E-state index in [1.165, 1.54) is 16.7 Å². The van der Waals surface area contributed by atoms with Crippen molar-refractivity contribution in [2.45, 2.75) is 42.3 Å². The maximum Gasteiger partial charge on any atom is 0.0925 e. The van der Waals surface area contributed by atoms with E-state index < -0.39 is 9.62 Å². The summed E-state index contributed by atoms with van der Waals surface area (Å²) in [6.07, 6.45) is 1.91. The highest BCUT2D eigenvalue weighted by atomic mass is 32.2. The Morgan fingerprint density at radius 1 is 0.750 bits per heavy atom. The van der Waals surface area contributed by atoms with E-state index in [-0.39, 0.29) is 6.04 Å². The molecule has 0 aromatic heterocycles. The van der Waals surface area contributed by atoms with Gasteiger partial charge in [0.05, 0.1) is 9.62 Å². The predicted molar refractivity (Wildman–Crippen MR) is 122 cm³/mol. The van der Waals surface area contributed by atoms with Gasteiger partial charge in [0.1, 0.15) is 0 Å². The molecule has 0 amide bonds. The number of hydrogen-bond donors (Lipinski definition) is 2. The first kappa shape index (κ1) is 20.7. The molecule has 28 heavy (non-hydrogen) atoms. The summed E-state index contributed by atoms with van der Waals surface area (Å²) in [7, 11) is 0. The van der Waals surface area contributed by atoms with Gasteiger partial charge in [0.2, 0.25) is 0 Å². The van der Waals surface area contributed by atoms with Gasteiger partial charge < -0.3 is 11.5 Å². The molecule has 0 saturated carbocycles. The van der Waals surface area contributed by atoms with E-state index >= 15 is 0 Å². The molecule has 0 aliphatic rings. The molecule has 0 saturated heterocycles. The molecule has 0 bridgehead atoms. The summed E-state index contributed by atoms with van der Waals surface area (Å²) in [6, 6.07) is 31.8. The minimum absolute atomic E-state index is 0.0991. The lowest BCUT2D eigenvalue weighted by atomic mass is 9.84. The van der Waals surface area contributed by atoms with Crippen molar-refractivity contribution in [2.75, 3.05) is 0 Å². The van der Waals surface area contributed by atoms with Crippen LogP contribution in [0.15, 0.2) is 91.0 Å². The van der Waals surface area contributed by atoms with Crippen LogP contribution >= 0.6 is 11.8 Å². The zero-order valence-corrected chi connectivity index (χ0v) is 17.5. The van der Waals surface area contributed by atoms with E-state index in [1.54, 1.807) is 11.8 Å². The Morgan fingerprint density at radius 2 is 1.11 bits per heavy atom. The van der Waals surface area contributed by atoms with E-state index in [1.807, 2.05) is 0 Å². The van der Waals surface area contributed by atoms with E-state index in [2.05, 4.69) is 105 Å². The third-order valence-corrected chi connectivity index (χ3v) is 7.01. The van der Waals surface area contributed by atoms with Crippen molar-refractivity contribution in [1.82, 2.24) is 0 Å². The van der Waals surface area contributed by atoms with Gasteiger partial charge in [-0.2, -0.15) is 0 Å². The van der Waals surface area contributed by atoms with Gasteiger partial charge in [0.25, 0.3) is 0 Å². The van der Waals surface area contributed by atoms with Gasteiger partial charge in [-0.25, -0.2) is 0 Å². The first-order chi connectivity index (χ1) is 13.5. The maximum atomic E-state index is 6.88. The van der Waals surface area contributed by atoms with Gasteiger partial charge in [-0.05, 0) is 30.0 Å². The smallest absolute Gasteiger partial charge is 0.0925 e. The Hall–Kier alpha value is -2.07. The first-order valence-electron chi connectivity index (χ1n) is 9.92. The van der Waals surface area contributed by atoms with E-state index in [0.29, 0.717) is 0 Å². The Balaban J connectivity index is 2.25. The first-order valence-corrected chi connectivity index (χ1v) is 10.7. The maximum absolute atomic E-state index is 6.88. The van der Waals surface area contributed by atoms with E-state index in [9.17, 15) is 0 Å². The van der Waals surface area contributed by atoms with Crippen LogP contribution in [0.4, 0.5) is 0 Å². The van der Waals surface area contributed by atoms with Crippen molar-refractivity contribution in [1.29, 1.82) is 0 Å². The summed E-state index contributed by atoms with van der Waals surface area (Å²) < 4.78 is -0.446. The zero-order chi connectivity index (χ0) is 20.0. The van der Waals surface area contributed by atoms with Crippen LogP contribution in [0.2, 0.25) is 0 Å². The molecule has 0 spiro atoms. The number of thioether (sulfide) groups is 1. The Bertz CT molecular complexity index is 751. The molecular formula is C25H30N2S. The molecule has 0 radical (unpaired) electrons. The highest BCUT2D eigenvalue weighted by Crippen LogP contribution is 2.52. The van der Waals surface area contributed by atoms with Crippen LogP contribution in [-0.2, 0) is 4.75 Å². The summed E-state index contributed by atoms with van der Waals surface area (Å²) in [5.41, 5.74) is 17.1. The van der Waals surface area contributed by atoms with Gasteiger partial charge >= 0.3 is 0 Å². The lowest BCUT2D eigenvalue weighted by molar-refractivity contribution is 0.478. The van der Waals surface area contributed by atoms with Crippen LogP contribution in [0, 0.1) is 0 Å².